The first-order valence-electron chi connectivity index (χ1n) is 7.90. The maximum Gasteiger partial charge on any atom is 0.308 e. The number of esters is 1. The lowest BCUT2D eigenvalue weighted by atomic mass is 10.2. The normalized spacial score (nSPS) is 11.1. The molecule has 0 fully saturated rings. The third kappa shape index (κ3) is 5.63. The smallest absolute Gasteiger partial charge is 0.308 e. The fraction of sp³-hybridized carbons (Fsp3) is 0.111. The summed E-state index contributed by atoms with van der Waals surface area (Å²) in [6.45, 7) is 1.33. The van der Waals surface area contributed by atoms with Crippen LogP contribution in [0.2, 0.25) is 0 Å². The number of hydrogen-bond donors (Lipinski definition) is 1. The number of fused-ring (bicyclic) bond motifs is 1. The molecule has 0 aliphatic rings. The van der Waals surface area contributed by atoms with Gasteiger partial charge < -0.3 is 4.74 Å². The van der Waals surface area contributed by atoms with E-state index in [1.807, 2.05) is 24.3 Å². The zero-order valence-corrected chi connectivity index (χ0v) is 19.2. The molecular formula is C18H13Br2N3O3S2. The third-order valence-corrected chi connectivity index (χ3v) is 6.63. The molecule has 0 spiro atoms. The summed E-state index contributed by atoms with van der Waals surface area (Å²) in [6.07, 6.45) is 1.51. The van der Waals surface area contributed by atoms with Crippen LogP contribution < -0.4 is 10.2 Å². The number of carbonyl (C=O) groups is 2. The van der Waals surface area contributed by atoms with E-state index in [4.69, 9.17) is 4.74 Å². The van der Waals surface area contributed by atoms with Crippen molar-refractivity contribution in [3.05, 3.63) is 50.9 Å². The van der Waals surface area contributed by atoms with Crippen molar-refractivity contribution in [2.24, 2.45) is 5.10 Å². The van der Waals surface area contributed by atoms with E-state index in [0.29, 0.717) is 20.3 Å². The fourth-order valence-corrected chi connectivity index (χ4v) is 5.39. The molecule has 144 valence electrons. The first-order chi connectivity index (χ1) is 13.4. The highest BCUT2D eigenvalue weighted by atomic mass is 79.9. The molecule has 6 nitrogen and oxygen atoms in total. The zero-order valence-electron chi connectivity index (χ0n) is 14.4. The number of hydrogen-bond acceptors (Lipinski definition) is 7. The van der Waals surface area contributed by atoms with E-state index < -0.39 is 5.97 Å². The van der Waals surface area contributed by atoms with Crippen LogP contribution in [0.5, 0.6) is 5.75 Å². The Morgan fingerprint density at radius 1 is 1.29 bits per heavy atom. The molecule has 3 rings (SSSR count). The van der Waals surface area contributed by atoms with E-state index in [2.05, 4.69) is 47.4 Å². The van der Waals surface area contributed by atoms with Gasteiger partial charge in [0.25, 0.3) is 5.91 Å². The van der Waals surface area contributed by atoms with E-state index in [1.54, 1.807) is 23.5 Å². The minimum atomic E-state index is -0.416. The topological polar surface area (TPSA) is 80.6 Å². The van der Waals surface area contributed by atoms with Crippen LogP contribution in [0.25, 0.3) is 10.2 Å². The molecule has 28 heavy (non-hydrogen) atoms. The first kappa shape index (κ1) is 21.0. The van der Waals surface area contributed by atoms with E-state index in [1.165, 1.54) is 24.9 Å². The summed E-state index contributed by atoms with van der Waals surface area (Å²) in [5, 5.41) is 3.97. The lowest BCUT2D eigenvalue weighted by Crippen LogP contribution is -2.19. The number of thiazole rings is 1. The first-order valence-corrected chi connectivity index (χ1v) is 11.3. The van der Waals surface area contributed by atoms with Crippen LogP contribution in [0.1, 0.15) is 12.5 Å². The summed E-state index contributed by atoms with van der Waals surface area (Å²) in [6, 6.07) is 11.3. The largest absolute Gasteiger partial charge is 0.424 e. The number of amides is 1. The highest BCUT2D eigenvalue weighted by molar-refractivity contribution is 9.11. The average molecular weight is 543 g/mol. The minimum Gasteiger partial charge on any atom is -0.424 e. The van der Waals surface area contributed by atoms with Gasteiger partial charge in [-0.25, -0.2) is 10.4 Å². The van der Waals surface area contributed by atoms with Gasteiger partial charge in [0.15, 0.2) is 10.1 Å². The van der Waals surface area contributed by atoms with Gasteiger partial charge in [-0.05, 0) is 61.7 Å². The Labute approximate surface area is 186 Å². The summed E-state index contributed by atoms with van der Waals surface area (Å²) in [5.41, 5.74) is 4.14. The number of ether oxygens (including phenoxy) is 1. The van der Waals surface area contributed by atoms with Gasteiger partial charge >= 0.3 is 5.97 Å². The lowest BCUT2D eigenvalue weighted by molar-refractivity contribution is -0.132. The van der Waals surface area contributed by atoms with Crippen LogP contribution in [0, 0.1) is 0 Å². The van der Waals surface area contributed by atoms with Gasteiger partial charge in [-0.3, -0.25) is 9.59 Å². The monoisotopic (exact) mass is 541 g/mol. The van der Waals surface area contributed by atoms with Gasteiger partial charge in [0.05, 0.1) is 31.1 Å². The molecule has 0 bridgehead atoms. The molecule has 0 aliphatic heterocycles. The number of nitrogens with zero attached hydrogens (tertiary/aromatic N) is 2. The molecule has 2 aromatic carbocycles. The predicted molar refractivity (Wildman–Crippen MR) is 119 cm³/mol. The van der Waals surface area contributed by atoms with E-state index in [9.17, 15) is 9.59 Å². The Bertz CT molecular complexity index is 1010. The second-order valence-corrected chi connectivity index (χ2v) is 9.40. The number of carbonyl (C=O) groups excluding carboxylic acids is 2. The Morgan fingerprint density at radius 3 is 2.68 bits per heavy atom. The number of nitrogens with one attached hydrogen (secondary N) is 1. The molecule has 1 amide bonds. The molecule has 0 aliphatic carbocycles. The molecule has 0 saturated carbocycles. The predicted octanol–water partition coefficient (Wildman–Crippen LogP) is 4.99. The zero-order chi connectivity index (χ0) is 20.1. The molecule has 1 N–H and O–H groups in total. The van der Waals surface area contributed by atoms with Gasteiger partial charge in [0.1, 0.15) is 0 Å². The van der Waals surface area contributed by atoms with Crippen molar-refractivity contribution in [2.45, 2.75) is 11.3 Å². The Hall–Kier alpha value is -1.75. The van der Waals surface area contributed by atoms with Gasteiger partial charge in [-0.2, -0.15) is 5.10 Å². The molecule has 1 heterocycles. The van der Waals surface area contributed by atoms with Crippen molar-refractivity contribution in [3.63, 3.8) is 0 Å². The average Bonchev–Trinajstić information content (AvgIpc) is 3.06. The van der Waals surface area contributed by atoms with Crippen LogP contribution in [0.4, 0.5) is 0 Å². The number of benzene rings is 2. The van der Waals surface area contributed by atoms with Gasteiger partial charge in [0.2, 0.25) is 0 Å². The van der Waals surface area contributed by atoms with Crippen molar-refractivity contribution >= 4 is 83.3 Å². The molecule has 10 heteroatoms. The Morgan fingerprint density at radius 2 is 2.00 bits per heavy atom. The van der Waals surface area contributed by atoms with Gasteiger partial charge in [-0.15, -0.1) is 11.3 Å². The second-order valence-electron chi connectivity index (χ2n) is 5.44. The number of hydrazone groups is 1. The minimum absolute atomic E-state index is 0.218. The van der Waals surface area contributed by atoms with Gasteiger partial charge in [-0.1, -0.05) is 23.9 Å². The van der Waals surface area contributed by atoms with Crippen molar-refractivity contribution in [2.75, 3.05) is 5.75 Å². The quantitative estimate of drug-likeness (QED) is 0.156. The van der Waals surface area contributed by atoms with Crippen molar-refractivity contribution in [1.82, 2.24) is 10.4 Å². The number of thioether (sulfide) groups is 1. The summed E-state index contributed by atoms with van der Waals surface area (Å²) in [5.74, 6) is -0.0348. The van der Waals surface area contributed by atoms with Crippen molar-refractivity contribution < 1.29 is 14.3 Å². The van der Waals surface area contributed by atoms with E-state index >= 15 is 0 Å². The third-order valence-electron chi connectivity index (χ3n) is 3.27. The van der Waals surface area contributed by atoms with Crippen LogP contribution in [-0.2, 0) is 9.59 Å². The molecule has 1 aromatic heterocycles. The summed E-state index contributed by atoms with van der Waals surface area (Å²) in [4.78, 5) is 27.6. The summed E-state index contributed by atoms with van der Waals surface area (Å²) >= 11 is 9.62. The second kappa shape index (κ2) is 9.64. The molecule has 3 aromatic rings. The molecule has 0 saturated heterocycles. The number of rotatable bonds is 6. The highest BCUT2D eigenvalue weighted by Crippen LogP contribution is 2.34. The number of aromatic nitrogens is 1. The van der Waals surface area contributed by atoms with Crippen LogP contribution in [-0.4, -0.2) is 28.8 Å². The van der Waals surface area contributed by atoms with Crippen molar-refractivity contribution in [1.29, 1.82) is 0 Å². The fourth-order valence-electron chi connectivity index (χ4n) is 2.15. The SMILES string of the molecule is CC(=O)Oc1c(Br)cc(/C=N\NC(=O)CSc2nc3ccccc3s2)cc1Br. The standard InChI is InChI=1S/C18H13Br2N3O3S2/c1-10(24)26-17-12(19)6-11(7-13(17)20)8-21-23-16(25)9-27-18-22-14-4-2-3-5-15(14)28-18/h2-8H,9H2,1H3,(H,23,25)/b21-8-. The van der Waals surface area contributed by atoms with E-state index in [-0.39, 0.29) is 11.7 Å². The Kier molecular flexibility index (Phi) is 7.22. The number of para-hydroxylation sites is 1. The van der Waals surface area contributed by atoms with Crippen LogP contribution in [0.15, 0.2) is 54.8 Å². The molecule has 0 unspecified atom stereocenters. The van der Waals surface area contributed by atoms with Crippen LogP contribution >= 0.6 is 55.0 Å². The number of halogens is 2. The highest BCUT2D eigenvalue weighted by Gasteiger charge is 2.11. The molecule has 0 atom stereocenters. The maximum atomic E-state index is 12.0. The van der Waals surface area contributed by atoms with Crippen LogP contribution in [0.3, 0.4) is 0 Å². The summed E-state index contributed by atoms with van der Waals surface area (Å²) in [7, 11) is 0. The van der Waals surface area contributed by atoms with Gasteiger partial charge in [0, 0.05) is 6.92 Å². The lowest BCUT2D eigenvalue weighted by Gasteiger charge is -2.07. The maximum absolute atomic E-state index is 12.0. The molecular weight excluding hydrogens is 530 g/mol. The Balaban J connectivity index is 1.55. The summed E-state index contributed by atoms with van der Waals surface area (Å²) < 4.78 is 8.24. The molecule has 0 radical (unpaired) electrons. The van der Waals surface area contributed by atoms with Crippen molar-refractivity contribution in [3.8, 4) is 5.75 Å². The van der Waals surface area contributed by atoms with E-state index in [0.717, 1.165) is 14.6 Å².